The molecule has 0 bridgehead atoms. The van der Waals surface area contributed by atoms with Crippen LogP contribution in [0, 0.1) is 0 Å². The molecule has 0 heterocycles. The van der Waals surface area contributed by atoms with Crippen LogP contribution in [0.1, 0.15) is 46.5 Å². The third kappa shape index (κ3) is 7.78. The largest absolute Gasteiger partial charge is 0.436 e. The highest BCUT2D eigenvalue weighted by atomic mass is 16.7. The molecule has 0 saturated heterocycles. The maximum absolute atomic E-state index is 10.6. The van der Waals surface area contributed by atoms with E-state index >= 15 is 0 Å². The fourth-order valence-corrected chi connectivity index (χ4v) is 0.987. The molecular formula is C10H20O3. The van der Waals surface area contributed by atoms with Crippen molar-refractivity contribution in [1.29, 1.82) is 0 Å². The summed E-state index contributed by atoms with van der Waals surface area (Å²) in [4.78, 5) is 10.6. The minimum Gasteiger partial charge on any atom is -0.436 e. The van der Waals surface area contributed by atoms with Crippen molar-refractivity contribution in [3.63, 3.8) is 0 Å². The fraction of sp³-hybridized carbons (Fsp3) is 0.900. The molecule has 3 heteroatoms. The molecule has 0 amide bonds. The van der Waals surface area contributed by atoms with Gasteiger partial charge in [0, 0.05) is 13.3 Å². The van der Waals surface area contributed by atoms with Gasteiger partial charge in [-0.25, -0.2) is 0 Å². The van der Waals surface area contributed by atoms with Crippen molar-refractivity contribution >= 4 is 5.97 Å². The van der Waals surface area contributed by atoms with Crippen molar-refractivity contribution in [1.82, 2.24) is 0 Å². The number of hydrogen-bond donors (Lipinski definition) is 0. The van der Waals surface area contributed by atoms with Crippen LogP contribution in [0.5, 0.6) is 0 Å². The summed E-state index contributed by atoms with van der Waals surface area (Å²) in [7, 11) is 0. The standard InChI is InChI=1S/C10H20O3/c1-4-6-7-8-12-10(5-2)13-9(3)11/h10H,4-8H2,1-3H3. The lowest BCUT2D eigenvalue weighted by Gasteiger charge is -2.15. The second kappa shape index (κ2) is 8.05. The summed E-state index contributed by atoms with van der Waals surface area (Å²) in [6, 6.07) is 0. The van der Waals surface area contributed by atoms with E-state index in [1.807, 2.05) is 6.92 Å². The van der Waals surface area contributed by atoms with E-state index in [0.717, 1.165) is 12.8 Å². The van der Waals surface area contributed by atoms with Crippen molar-refractivity contribution in [3.8, 4) is 0 Å². The zero-order chi connectivity index (χ0) is 10.1. The molecule has 0 aromatic heterocycles. The van der Waals surface area contributed by atoms with Crippen LogP contribution >= 0.6 is 0 Å². The molecule has 1 unspecified atom stereocenters. The van der Waals surface area contributed by atoms with E-state index in [9.17, 15) is 4.79 Å². The van der Waals surface area contributed by atoms with Crippen molar-refractivity contribution in [2.75, 3.05) is 6.61 Å². The van der Waals surface area contributed by atoms with Crippen LogP contribution in [0.15, 0.2) is 0 Å². The number of hydrogen-bond acceptors (Lipinski definition) is 3. The highest BCUT2D eigenvalue weighted by Gasteiger charge is 2.08. The van der Waals surface area contributed by atoms with Crippen molar-refractivity contribution in [2.45, 2.75) is 52.7 Å². The van der Waals surface area contributed by atoms with Gasteiger partial charge in [0.05, 0.1) is 6.61 Å². The van der Waals surface area contributed by atoms with E-state index in [-0.39, 0.29) is 12.3 Å². The summed E-state index contributed by atoms with van der Waals surface area (Å²) in [5, 5.41) is 0. The Hall–Kier alpha value is -0.570. The van der Waals surface area contributed by atoms with Gasteiger partial charge >= 0.3 is 5.97 Å². The smallest absolute Gasteiger partial charge is 0.304 e. The van der Waals surface area contributed by atoms with Gasteiger partial charge in [-0.3, -0.25) is 4.79 Å². The minimum atomic E-state index is -0.352. The second-order valence-electron chi connectivity index (χ2n) is 3.03. The number of carbonyl (C=O) groups excluding carboxylic acids is 1. The monoisotopic (exact) mass is 188 g/mol. The molecule has 0 fully saturated rings. The third-order valence-corrected chi connectivity index (χ3v) is 1.68. The first-order valence-corrected chi connectivity index (χ1v) is 4.99. The molecule has 0 N–H and O–H groups in total. The second-order valence-corrected chi connectivity index (χ2v) is 3.03. The molecule has 0 aliphatic carbocycles. The highest BCUT2D eigenvalue weighted by Crippen LogP contribution is 2.03. The molecule has 0 aliphatic rings. The van der Waals surface area contributed by atoms with Crippen LogP contribution in [0.25, 0.3) is 0 Å². The van der Waals surface area contributed by atoms with E-state index in [4.69, 9.17) is 9.47 Å². The minimum absolute atomic E-state index is 0.276. The number of esters is 1. The van der Waals surface area contributed by atoms with Gasteiger partial charge in [-0.15, -0.1) is 0 Å². The van der Waals surface area contributed by atoms with Gasteiger partial charge in [0.25, 0.3) is 0 Å². The SMILES string of the molecule is CCCCCOC(CC)OC(C)=O. The van der Waals surface area contributed by atoms with Gasteiger partial charge in [0.2, 0.25) is 6.29 Å². The van der Waals surface area contributed by atoms with Crippen molar-refractivity contribution in [2.24, 2.45) is 0 Å². The molecule has 0 aromatic rings. The molecule has 13 heavy (non-hydrogen) atoms. The summed E-state index contributed by atoms with van der Waals surface area (Å²) >= 11 is 0. The zero-order valence-corrected chi connectivity index (χ0v) is 8.84. The lowest BCUT2D eigenvalue weighted by Crippen LogP contribution is -2.19. The van der Waals surface area contributed by atoms with E-state index in [1.54, 1.807) is 0 Å². The molecule has 1 atom stereocenters. The van der Waals surface area contributed by atoms with Gasteiger partial charge in [-0.2, -0.15) is 0 Å². The van der Waals surface area contributed by atoms with Crippen LogP contribution in [0.3, 0.4) is 0 Å². The van der Waals surface area contributed by atoms with E-state index in [2.05, 4.69) is 6.92 Å². The molecule has 0 radical (unpaired) electrons. The summed E-state index contributed by atoms with van der Waals surface area (Å²) in [5.74, 6) is -0.276. The highest BCUT2D eigenvalue weighted by molar-refractivity contribution is 5.66. The number of unbranched alkanes of at least 4 members (excludes halogenated alkanes) is 2. The molecular weight excluding hydrogens is 168 g/mol. The maximum atomic E-state index is 10.6. The molecule has 78 valence electrons. The molecule has 3 nitrogen and oxygen atoms in total. The average Bonchev–Trinajstić information content (AvgIpc) is 2.09. The Bertz CT molecular complexity index is 134. The lowest BCUT2D eigenvalue weighted by molar-refractivity contribution is -0.176. The molecule has 0 aromatic carbocycles. The predicted molar refractivity (Wildman–Crippen MR) is 51.3 cm³/mol. The van der Waals surface area contributed by atoms with E-state index in [0.29, 0.717) is 13.0 Å². The summed E-state index contributed by atoms with van der Waals surface area (Å²) in [6.07, 6.45) is 3.74. The van der Waals surface area contributed by atoms with Crippen molar-refractivity contribution in [3.05, 3.63) is 0 Å². The molecule has 0 aliphatic heterocycles. The Labute approximate surface area is 80.4 Å². The van der Waals surface area contributed by atoms with Crippen LogP contribution in [0.4, 0.5) is 0 Å². The first-order valence-electron chi connectivity index (χ1n) is 4.99. The van der Waals surface area contributed by atoms with E-state index < -0.39 is 0 Å². The summed E-state index contributed by atoms with van der Waals surface area (Å²) < 4.78 is 10.3. The average molecular weight is 188 g/mol. The Morgan fingerprint density at radius 1 is 1.31 bits per heavy atom. The Morgan fingerprint density at radius 2 is 2.00 bits per heavy atom. The predicted octanol–water partition coefficient (Wildman–Crippen LogP) is 2.49. The fourth-order valence-electron chi connectivity index (χ4n) is 0.987. The zero-order valence-electron chi connectivity index (χ0n) is 8.84. The first-order chi connectivity index (χ1) is 6.20. The Morgan fingerprint density at radius 3 is 2.46 bits per heavy atom. The topological polar surface area (TPSA) is 35.5 Å². The normalized spacial score (nSPS) is 12.5. The number of rotatable bonds is 7. The van der Waals surface area contributed by atoms with Crippen LogP contribution in [-0.4, -0.2) is 18.9 Å². The molecule has 0 saturated carbocycles. The summed E-state index contributed by atoms with van der Waals surface area (Å²) in [6.45, 7) is 6.16. The molecule has 0 rings (SSSR count). The maximum Gasteiger partial charge on any atom is 0.304 e. The van der Waals surface area contributed by atoms with Gasteiger partial charge < -0.3 is 9.47 Å². The first kappa shape index (κ1) is 12.4. The van der Waals surface area contributed by atoms with Gasteiger partial charge in [0.1, 0.15) is 0 Å². The molecule has 0 spiro atoms. The Kier molecular flexibility index (Phi) is 7.69. The van der Waals surface area contributed by atoms with Gasteiger partial charge in [0.15, 0.2) is 0 Å². The Balaban J connectivity index is 3.42. The quantitative estimate of drug-likeness (QED) is 0.350. The van der Waals surface area contributed by atoms with Crippen LogP contribution in [-0.2, 0) is 14.3 Å². The van der Waals surface area contributed by atoms with Crippen molar-refractivity contribution < 1.29 is 14.3 Å². The van der Waals surface area contributed by atoms with E-state index in [1.165, 1.54) is 13.3 Å². The van der Waals surface area contributed by atoms with Gasteiger partial charge in [-0.05, 0) is 6.42 Å². The van der Waals surface area contributed by atoms with Crippen LogP contribution in [0.2, 0.25) is 0 Å². The lowest BCUT2D eigenvalue weighted by atomic mass is 10.3. The van der Waals surface area contributed by atoms with Gasteiger partial charge in [-0.1, -0.05) is 26.7 Å². The summed E-state index contributed by atoms with van der Waals surface area (Å²) in [5.41, 5.74) is 0. The third-order valence-electron chi connectivity index (χ3n) is 1.68. The number of ether oxygens (including phenoxy) is 2. The number of carbonyl (C=O) groups is 1. The van der Waals surface area contributed by atoms with Crippen LogP contribution < -0.4 is 0 Å².